The van der Waals surface area contributed by atoms with Crippen molar-refractivity contribution in [1.29, 1.82) is 0 Å². The summed E-state index contributed by atoms with van der Waals surface area (Å²) in [7, 11) is 0. The van der Waals surface area contributed by atoms with Crippen molar-refractivity contribution < 1.29 is 23.9 Å². The number of nitrogens with zero attached hydrogens (tertiary/aromatic N) is 1. The summed E-state index contributed by atoms with van der Waals surface area (Å²) in [6.45, 7) is 6.06. The molecule has 0 unspecified atom stereocenters. The molecule has 196 valence electrons. The molecule has 38 heavy (non-hydrogen) atoms. The van der Waals surface area contributed by atoms with E-state index in [1.807, 2.05) is 51.1 Å². The lowest BCUT2D eigenvalue weighted by molar-refractivity contribution is -0.127. The highest BCUT2D eigenvalue weighted by Gasteiger charge is 2.36. The van der Waals surface area contributed by atoms with Gasteiger partial charge in [-0.15, -0.1) is 0 Å². The first-order valence-corrected chi connectivity index (χ1v) is 13.2. The Bertz CT molecular complexity index is 1400. The minimum atomic E-state index is -0.517. The van der Waals surface area contributed by atoms with Crippen molar-refractivity contribution in [1.82, 2.24) is 4.90 Å². The van der Waals surface area contributed by atoms with E-state index >= 15 is 0 Å². The van der Waals surface area contributed by atoms with E-state index in [4.69, 9.17) is 21.1 Å². The van der Waals surface area contributed by atoms with Crippen LogP contribution < -0.4 is 14.8 Å². The summed E-state index contributed by atoms with van der Waals surface area (Å²) in [6.07, 6.45) is 1.61. The van der Waals surface area contributed by atoms with E-state index in [2.05, 4.69) is 5.32 Å². The molecule has 0 aromatic heterocycles. The van der Waals surface area contributed by atoms with Crippen molar-refractivity contribution in [2.75, 3.05) is 18.5 Å². The lowest BCUT2D eigenvalue weighted by atomic mass is 10.1. The third kappa shape index (κ3) is 6.76. The molecule has 3 amide bonds. The standard InChI is InChI=1S/C29H27ClN2O5S/c1-4-36-25-14-21(9-12-24(25)37-17-20-7-10-22(30)11-8-20)15-26-28(34)32(29(35)38-26)16-27(33)31-23-13-18(2)5-6-19(23)3/h5-15H,4,16-17H2,1-3H3,(H,31,33)/b26-15+. The van der Waals surface area contributed by atoms with Crippen LogP contribution >= 0.6 is 23.4 Å². The fourth-order valence-electron chi connectivity index (χ4n) is 3.74. The second kappa shape index (κ2) is 12.2. The van der Waals surface area contributed by atoms with Crippen molar-refractivity contribution in [2.24, 2.45) is 0 Å². The van der Waals surface area contributed by atoms with Crippen molar-refractivity contribution in [3.05, 3.63) is 92.8 Å². The van der Waals surface area contributed by atoms with Gasteiger partial charge in [0.2, 0.25) is 5.91 Å². The zero-order valence-corrected chi connectivity index (χ0v) is 22.8. The Morgan fingerprint density at radius 2 is 1.76 bits per heavy atom. The van der Waals surface area contributed by atoms with Crippen LogP contribution in [-0.2, 0) is 16.2 Å². The molecule has 4 rings (SSSR count). The molecule has 9 heteroatoms. The number of aryl methyl sites for hydroxylation is 2. The molecule has 1 aliphatic heterocycles. The van der Waals surface area contributed by atoms with Gasteiger partial charge in [-0.05, 0) is 91.2 Å². The third-order valence-corrected chi connectivity index (χ3v) is 6.87. The van der Waals surface area contributed by atoms with Crippen LogP contribution in [0.1, 0.15) is 29.2 Å². The smallest absolute Gasteiger partial charge is 0.294 e. The Morgan fingerprint density at radius 1 is 1.00 bits per heavy atom. The van der Waals surface area contributed by atoms with Crippen LogP contribution in [0, 0.1) is 13.8 Å². The van der Waals surface area contributed by atoms with Crippen molar-refractivity contribution in [3.63, 3.8) is 0 Å². The fourth-order valence-corrected chi connectivity index (χ4v) is 4.70. The van der Waals surface area contributed by atoms with Gasteiger partial charge >= 0.3 is 0 Å². The van der Waals surface area contributed by atoms with E-state index in [1.54, 1.807) is 36.4 Å². The molecule has 0 spiro atoms. The second-order valence-electron chi connectivity index (χ2n) is 8.69. The predicted octanol–water partition coefficient (Wildman–Crippen LogP) is 6.61. The van der Waals surface area contributed by atoms with Gasteiger partial charge in [-0.3, -0.25) is 19.3 Å². The maximum absolute atomic E-state index is 13.0. The number of thioether (sulfide) groups is 1. The summed E-state index contributed by atoms with van der Waals surface area (Å²) in [5, 5.41) is 2.94. The normalized spacial score (nSPS) is 14.2. The molecular weight excluding hydrogens is 524 g/mol. The summed E-state index contributed by atoms with van der Waals surface area (Å²) < 4.78 is 11.7. The summed E-state index contributed by atoms with van der Waals surface area (Å²) in [4.78, 5) is 39.3. The molecule has 0 atom stereocenters. The molecule has 1 aliphatic rings. The van der Waals surface area contributed by atoms with Crippen LogP contribution in [0.3, 0.4) is 0 Å². The molecular formula is C29H27ClN2O5S. The third-order valence-electron chi connectivity index (χ3n) is 5.72. The van der Waals surface area contributed by atoms with Gasteiger partial charge in [-0.2, -0.15) is 0 Å². The number of imide groups is 1. The highest BCUT2D eigenvalue weighted by atomic mass is 35.5. The monoisotopic (exact) mass is 550 g/mol. The van der Waals surface area contributed by atoms with Gasteiger partial charge in [0, 0.05) is 10.7 Å². The van der Waals surface area contributed by atoms with Crippen LogP contribution in [0.15, 0.2) is 65.6 Å². The highest BCUT2D eigenvalue weighted by Crippen LogP contribution is 2.35. The van der Waals surface area contributed by atoms with Crippen LogP contribution in [0.2, 0.25) is 5.02 Å². The molecule has 3 aromatic carbocycles. The topological polar surface area (TPSA) is 84.9 Å². The number of carbonyl (C=O) groups is 3. The number of hydrogen-bond donors (Lipinski definition) is 1. The molecule has 0 saturated carbocycles. The first-order valence-electron chi connectivity index (χ1n) is 12.0. The molecule has 7 nitrogen and oxygen atoms in total. The molecule has 3 aromatic rings. The first kappa shape index (κ1) is 27.3. The maximum Gasteiger partial charge on any atom is 0.294 e. The van der Waals surface area contributed by atoms with Crippen LogP contribution in [0.5, 0.6) is 11.5 Å². The van der Waals surface area contributed by atoms with E-state index in [9.17, 15) is 14.4 Å². The largest absolute Gasteiger partial charge is 0.490 e. The fraction of sp³-hybridized carbons (Fsp3) is 0.207. The number of carbonyl (C=O) groups excluding carboxylic acids is 3. The van der Waals surface area contributed by atoms with Gasteiger partial charge in [0.1, 0.15) is 13.2 Å². The number of anilines is 1. The van der Waals surface area contributed by atoms with E-state index in [0.717, 1.165) is 33.4 Å². The molecule has 1 heterocycles. The summed E-state index contributed by atoms with van der Waals surface area (Å²) >= 11 is 6.74. The molecule has 1 saturated heterocycles. The maximum atomic E-state index is 13.0. The Balaban J connectivity index is 1.45. The van der Waals surface area contributed by atoms with Gasteiger partial charge in [0.05, 0.1) is 11.5 Å². The molecule has 1 N–H and O–H groups in total. The Morgan fingerprint density at radius 3 is 2.50 bits per heavy atom. The zero-order valence-electron chi connectivity index (χ0n) is 21.2. The van der Waals surface area contributed by atoms with Crippen LogP contribution in [0.25, 0.3) is 6.08 Å². The quantitative estimate of drug-likeness (QED) is 0.302. The van der Waals surface area contributed by atoms with Crippen LogP contribution in [-0.4, -0.2) is 35.1 Å². The minimum Gasteiger partial charge on any atom is -0.490 e. The molecule has 0 aliphatic carbocycles. The van der Waals surface area contributed by atoms with Crippen molar-refractivity contribution in [2.45, 2.75) is 27.4 Å². The number of halogens is 1. The second-order valence-corrected chi connectivity index (χ2v) is 10.1. The molecule has 1 fully saturated rings. The Kier molecular flexibility index (Phi) is 8.76. The minimum absolute atomic E-state index is 0.229. The molecule has 0 bridgehead atoms. The van der Waals surface area contributed by atoms with E-state index in [1.165, 1.54) is 0 Å². The predicted molar refractivity (Wildman–Crippen MR) is 151 cm³/mol. The number of rotatable bonds is 9. The SMILES string of the molecule is CCOc1cc(/C=C2/SC(=O)N(CC(=O)Nc3cc(C)ccc3C)C2=O)ccc1OCc1ccc(Cl)cc1. The summed E-state index contributed by atoms with van der Waals surface area (Å²) in [5.41, 5.74) is 4.16. The Hall–Kier alpha value is -3.75. The average molecular weight is 551 g/mol. The molecule has 0 radical (unpaired) electrons. The van der Waals surface area contributed by atoms with E-state index < -0.39 is 17.1 Å². The number of benzene rings is 3. The van der Waals surface area contributed by atoms with E-state index in [0.29, 0.717) is 41.0 Å². The van der Waals surface area contributed by atoms with Gasteiger partial charge in [0.15, 0.2) is 11.5 Å². The van der Waals surface area contributed by atoms with Crippen molar-refractivity contribution in [3.8, 4) is 11.5 Å². The average Bonchev–Trinajstić information content (AvgIpc) is 3.14. The van der Waals surface area contributed by atoms with Gasteiger partial charge < -0.3 is 14.8 Å². The van der Waals surface area contributed by atoms with Gasteiger partial charge in [-0.1, -0.05) is 41.9 Å². The number of hydrogen-bond acceptors (Lipinski definition) is 6. The lowest BCUT2D eigenvalue weighted by Gasteiger charge is -2.14. The number of ether oxygens (including phenoxy) is 2. The Labute approximate surface area is 230 Å². The first-order chi connectivity index (χ1) is 18.2. The van der Waals surface area contributed by atoms with Crippen molar-refractivity contribution >= 4 is 52.2 Å². The van der Waals surface area contributed by atoms with Gasteiger partial charge in [-0.25, -0.2) is 0 Å². The number of amides is 3. The highest BCUT2D eigenvalue weighted by molar-refractivity contribution is 8.18. The number of nitrogens with one attached hydrogen (secondary N) is 1. The lowest BCUT2D eigenvalue weighted by Crippen LogP contribution is -2.36. The summed E-state index contributed by atoms with van der Waals surface area (Å²) in [6, 6.07) is 18.3. The van der Waals surface area contributed by atoms with Crippen LogP contribution in [0.4, 0.5) is 10.5 Å². The van der Waals surface area contributed by atoms with E-state index in [-0.39, 0.29) is 11.4 Å². The zero-order chi connectivity index (χ0) is 27.2. The summed E-state index contributed by atoms with van der Waals surface area (Å²) in [5.74, 6) is 0.109. The van der Waals surface area contributed by atoms with Gasteiger partial charge in [0.25, 0.3) is 11.1 Å².